The van der Waals surface area contributed by atoms with E-state index >= 15 is 0 Å². The molecule has 3 N–H and O–H groups in total. The van der Waals surface area contributed by atoms with Crippen LogP contribution in [0.3, 0.4) is 0 Å². The number of aliphatic hydroxyl groups excluding tert-OH is 2. The first-order chi connectivity index (χ1) is 10.7. The number of halogens is 1. The van der Waals surface area contributed by atoms with Gasteiger partial charge in [-0.2, -0.15) is 0 Å². The van der Waals surface area contributed by atoms with Gasteiger partial charge in [0.15, 0.2) is 12.8 Å². The van der Waals surface area contributed by atoms with Gasteiger partial charge in [0.1, 0.15) is 12.2 Å². The molecule has 1 aliphatic rings. The fourth-order valence-corrected chi connectivity index (χ4v) is 2.06. The fourth-order valence-electron chi connectivity index (χ4n) is 2.06. The number of esters is 1. The third-order valence-electron chi connectivity index (χ3n) is 3.38. The zero-order chi connectivity index (χ0) is 17.4. The van der Waals surface area contributed by atoms with E-state index in [0.29, 0.717) is 0 Å². The molecule has 4 atom stereocenters. The summed E-state index contributed by atoms with van der Waals surface area (Å²) in [6.45, 7) is 2.13. The Kier molecular flexibility index (Phi) is 4.68. The maximum absolute atomic E-state index is 14.6. The Balaban J connectivity index is 2.21. The van der Waals surface area contributed by atoms with Crippen LogP contribution in [0.5, 0.6) is 0 Å². The summed E-state index contributed by atoms with van der Waals surface area (Å²) < 4.78 is 24.9. The summed E-state index contributed by atoms with van der Waals surface area (Å²) in [5, 5.41) is 19.7. The Morgan fingerprint density at radius 3 is 2.74 bits per heavy atom. The van der Waals surface area contributed by atoms with Crippen molar-refractivity contribution < 1.29 is 28.9 Å². The van der Waals surface area contributed by atoms with E-state index in [0.717, 1.165) is 16.8 Å². The lowest BCUT2D eigenvalue weighted by Crippen LogP contribution is -2.44. The number of H-pyrrole nitrogens is 1. The van der Waals surface area contributed by atoms with Gasteiger partial charge in [-0.05, 0) is 0 Å². The number of ether oxygens (including phenoxy) is 2. The quantitative estimate of drug-likeness (QED) is 0.581. The van der Waals surface area contributed by atoms with Crippen LogP contribution >= 0.6 is 0 Å². The molecule has 0 spiro atoms. The molecule has 2 heterocycles. The summed E-state index contributed by atoms with van der Waals surface area (Å²) in [5.74, 6) is -4.11. The van der Waals surface area contributed by atoms with Crippen molar-refractivity contribution in [1.82, 2.24) is 9.55 Å². The third kappa shape index (κ3) is 3.33. The minimum atomic E-state index is -2.88. The normalized spacial score (nSPS) is 30.6. The largest absolute Gasteiger partial charge is 0.459 e. The Bertz CT molecular complexity index is 700. The van der Waals surface area contributed by atoms with E-state index in [1.165, 1.54) is 13.8 Å². The summed E-state index contributed by atoms with van der Waals surface area (Å²) in [4.78, 5) is 36.0. The van der Waals surface area contributed by atoms with E-state index in [1.807, 2.05) is 4.98 Å². The van der Waals surface area contributed by atoms with Gasteiger partial charge >= 0.3 is 11.7 Å². The summed E-state index contributed by atoms with van der Waals surface area (Å²) >= 11 is 0. The maximum Gasteiger partial charge on any atom is 0.330 e. The van der Waals surface area contributed by atoms with Crippen LogP contribution in [-0.4, -0.2) is 50.4 Å². The van der Waals surface area contributed by atoms with Crippen LogP contribution < -0.4 is 11.2 Å². The van der Waals surface area contributed by atoms with Crippen LogP contribution in [0.2, 0.25) is 0 Å². The van der Waals surface area contributed by atoms with Gasteiger partial charge in [-0.25, -0.2) is 9.18 Å². The summed E-state index contributed by atoms with van der Waals surface area (Å²) in [7, 11) is 0. The van der Waals surface area contributed by atoms with Crippen LogP contribution in [0.4, 0.5) is 4.39 Å². The van der Waals surface area contributed by atoms with Crippen molar-refractivity contribution in [2.75, 3.05) is 6.61 Å². The average molecular weight is 332 g/mol. The maximum atomic E-state index is 14.6. The Morgan fingerprint density at radius 2 is 2.17 bits per heavy atom. The lowest BCUT2D eigenvalue weighted by Gasteiger charge is -2.23. The van der Waals surface area contributed by atoms with E-state index < -0.39 is 54.0 Å². The van der Waals surface area contributed by atoms with Gasteiger partial charge in [0.05, 0.1) is 5.92 Å². The van der Waals surface area contributed by atoms with Crippen LogP contribution in [0.1, 0.15) is 20.1 Å². The molecule has 0 radical (unpaired) electrons. The van der Waals surface area contributed by atoms with Gasteiger partial charge in [0, 0.05) is 12.3 Å². The molecule has 1 saturated heterocycles. The molecule has 1 aromatic rings. The van der Waals surface area contributed by atoms with Gasteiger partial charge in [0.25, 0.3) is 11.4 Å². The second-order valence-electron chi connectivity index (χ2n) is 5.51. The number of carbonyl (C=O) groups excluding carboxylic acids is 1. The highest BCUT2D eigenvalue weighted by molar-refractivity contribution is 5.71. The van der Waals surface area contributed by atoms with Crippen molar-refractivity contribution in [3.63, 3.8) is 0 Å². The fraction of sp³-hybridized carbons (Fsp3) is 0.615. The van der Waals surface area contributed by atoms with Crippen molar-refractivity contribution in [1.29, 1.82) is 0 Å². The number of rotatable bonds is 4. The number of carbonyl (C=O) groups is 1. The van der Waals surface area contributed by atoms with Gasteiger partial charge < -0.3 is 19.7 Å². The van der Waals surface area contributed by atoms with E-state index in [9.17, 15) is 29.0 Å². The molecule has 1 aromatic heterocycles. The van der Waals surface area contributed by atoms with E-state index in [-0.39, 0.29) is 0 Å². The number of nitrogens with zero attached hydrogens (tertiary/aromatic N) is 1. The molecule has 128 valence electrons. The lowest BCUT2D eigenvalue weighted by molar-refractivity contribution is -0.218. The zero-order valence-electron chi connectivity index (χ0n) is 12.4. The average Bonchev–Trinajstić information content (AvgIpc) is 2.70. The highest BCUT2D eigenvalue weighted by Gasteiger charge is 2.57. The number of aromatic amines is 1. The topological polar surface area (TPSA) is 131 Å². The van der Waals surface area contributed by atoms with Crippen LogP contribution in [0, 0.1) is 5.92 Å². The van der Waals surface area contributed by atoms with E-state index in [4.69, 9.17) is 4.74 Å². The molecule has 0 amide bonds. The smallest absolute Gasteiger partial charge is 0.330 e. The first-order valence-corrected chi connectivity index (χ1v) is 6.86. The highest BCUT2D eigenvalue weighted by atomic mass is 19.2. The molecule has 0 aliphatic carbocycles. The number of hydrogen-bond donors (Lipinski definition) is 3. The summed E-state index contributed by atoms with van der Waals surface area (Å²) in [5.41, 5.74) is -1.63. The van der Waals surface area contributed by atoms with Crippen molar-refractivity contribution in [2.24, 2.45) is 5.92 Å². The molecule has 1 aliphatic heterocycles. The van der Waals surface area contributed by atoms with Crippen LogP contribution in [0.25, 0.3) is 0 Å². The van der Waals surface area contributed by atoms with Gasteiger partial charge in [-0.1, -0.05) is 13.8 Å². The first kappa shape index (κ1) is 17.3. The Hall–Kier alpha value is -2.04. The lowest BCUT2D eigenvalue weighted by atomic mass is 10.1. The van der Waals surface area contributed by atoms with Crippen LogP contribution in [0.15, 0.2) is 21.9 Å². The molecule has 9 nitrogen and oxygen atoms in total. The van der Waals surface area contributed by atoms with E-state index in [1.54, 1.807) is 0 Å². The minimum Gasteiger partial charge on any atom is -0.459 e. The molecule has 23 heavy (non-hydrogen) atoms. The SMILES string of the molecule is CC(C)C(=O)OC[C@@]1(F)O[C@@H](n2ccc(=O)[nH]c2=O)[C@H](O)[C@@H]1O. The van der Waals surface area contributed by atoms with Crippen molar-refractivity contribution in [3.8, 4) is 0 Å². The van der Waals surface area contributed by atoms with Gasteiger partial charge in [-0.3, -0.25) is 19.1 Å². The molecular formula is C13H17FN2O7. The molecule has 10 heteroatoms. The number of hydrogen-bond acceptors (Lipinski definition) is 7. The Morgan fingerprint density at radius 1 is 1.52 bits per heavy atom. The van der Waals surface area contributed by atoms with Crippen molar-refractivity contribution >= 4 is 5.97 Å². The second-order valence-corrected chi connectivity index (χ2v) is 5.51. The Labute approximate surface area is 129 Å². The highest BCUT2D eigenvalue weighted by Crippen LogP contribution is 2.37. The van der Waals surface area contributed by atoms with Crippen molar-refractivity contribution in [3.05, 3.63) is 33.1 Å². The monoisotopic (exact) mass is 332 g/mol. The number of aromatic nitrogens is 2. The third-order valence-corrected chi connectivity index (χ3v) is 3.38. The molecule has 0 bridgehead atoms. The predicted octanol–water partition coefficient (Wildman–Crippen LogP) is -1.35. The summed E-state index contributed by atoms with van der Waals surface area (Å²) in [6, 6.07) is 0.973. The molecule has 0 unspecified atom stereocenters. The van der Waals surface area contributed by atoms with Crippen LogP contribution in [-0.2, 0) is 14.3 Å². The first-order valence-electron chi connectivity index (χ1n) is 6.86. The molecule has 1 fully saturated rings. The van der Waals surface area contributed by atoms with Crippen molar-refractivity contribution in [2.45, 2.75) is 38.1 Å². The molecule has 0 aromatic carbocycles. The van der Waals surface area contributed by atoms with Gasteiger partial charge in [0.2, 0.25) is 0 Å². The molecular weight excluding hydrogens is 315 g/mol. The number of alkyl halides is 1. The standard InChI is InChI=1S/C13H17FN2O7/c1-6(2)11(20)22-5-13(14)9(19)8(18)10(23-13)16-4-3-7(17)15-12(16)21/h3-4,6,8-10,18-19H,5H2,1-2H3,(H,15,17,21)/t8-,9+,10-,13-/m1/s1. The zero-order valence-corrected chi connectivity index (χ0v) is 12.4. The second kappa shape index (κ2) is 6.22. The predicted molar refractivity (Wildman–Crippen MR) is 73.1 cm³/mol. The minimum absolute atomic E-state index is 0.514. The summed E-state index contributed by atoms with van der Waals surface area (Å²) in [6.07, 6.45) is -4.45. The molecule has 2 rings (SSSR count). The number of aliphatic hydroxyl groups is 2. The number of nitrogens with one attached hydrogen (secondary N) is 1. The van der Waals surface area contributed by atoms with E-state index in [2.05, 4.69) is 4.74 Å². The molecule has 0 saturated carbocycles. The van der Waals surface area contributed by atoms with Gasteiger partial charge in [-0.15, -0.1) is 0 Å².